The molecule has 1 aliphatic rings. The second kappa shape index (κ2) is 11.6. The lowest BCUT2D eigenvalue weighted by atomic mass is 9.87. The van der Waals surface area contributed by atoms with Gasteiger partial charge in [-0.25, -0.2) is 14.4 Å². The van der Waals surface area contributed by atoms with Crippen LogP contribution < -0.4 is 0 Å². The molecule has 0 saturated carbocycles. The highest BCUT2D eigenvalue weighted by Gasteiger charge is 2.46. The SMILES string of the molecule is C[C@@H]1C(OC(=O)c2ccccc2)[C@@H](C)OC(COC(=O)c2ccccc2)[C@H]1OC(=O)c1ccccc1. The molecule has 0 spiro atoms. The molecule has 0 aliphatic carbocycles. The fourth-order valence-electron chi connectivity index (χ4n) is 4.25. The minimum atomic E-state index is -0.828. The summed E-state index contributed by atoms with van der Waals surface area (Å²) in [5.41, 5.74) is 1.19. The minimum Gasteiger partial charge on any atom is -0.459 e. The number of ether oxygens (including phenoxy) is 4. The molecule has 0 radical (unpaired) electrons. The van der Waals surface area contributed by atoms with E-state index in [1.807, 2.05) is 13.0 Å². The van der Waals surface area contributed by atoms with E-state index in [1.54, 1.807) is 91.9 Å². The molecule has 36 heavy (non-hydrogen) atoms. The Morgan fingerprint density at radius 3 is 1.53 bits per heavy atom. The van der Waals surface area contributed by atoms with Crippen molar-refractivity contribution in [2.75, 3.05) is 6.61 Å². The number of carbonyl (C=O) groups is 3. The Morgan fingerprint density at radius 1 is 0.639 bits per heavy atom. The molecule has 0 amide bonds. The van der Waals surface area contributed by atoms with Gasteiger partial charge in [-0.15, -0.1) is 0 Å². The first-order valence-electron chi connectivity index (χ1n) is 11.8. The molecule has 1 fully saturated rings. The third-order valence-electron chi connectivity index (χ3n) is 6.15. The smallest absolute Gasteiger partial charge is 0.338 e. The predicted octanol–water partition coefficient (Wildman–Crippen LogP) is 4.72. The van der Waals surface area contributed by atoms with E-state index in [4.69, 9.17) is 18.9 Å². The van der Waals surface area contributed by atoms with Crippen molar-refractivity contribution < 1.29 is 33.3 Å². The van der Waals surface area contributed by atoms with Crippen LogP contribution in [0.1, 0.15) is 44.9 Å². The van der Waals surface area contributed by atoms with Crippen molar-refractivity contribution in [2.45, 2.75) is 38.3 Å². The summed E-state index contributed by atoms with van der Waals surface area (Å²) in [4.78, 5) is 38.2. The van der Waals surface area contributed by atoms with Crippen LogP contribution in [-0.4, -0.2) is 48.9 Å². The standard InChI is InChI=1S/C29H28O7/c1-19-25(35-28(31)22-14-8-4-9-15-22)20(2)34-24(18-33-27(30)21-12-6-3-7-13-21)26(19)36-29(32)23-16-10-5-11-17-23/h3-17,19-20,24-26H,18H2,1-2H3/t19-,20-,24?,25?,26+/m1/s1. The number of rotatable bonds is 7. The number of hydrogen-bond donors (Lipinski definition) is 0. The first-order chi connectivity index (χ1) is 17.4. The van der Waals surface area contributed by atoms with Crippen molar-refractivity contribution in [3.05, 3.63) is 108 Å². The predicted molar refractivity (Wildman–Crippen MR) is 132 cm³/mol. The fraction of sp³-hybridized carbons (Fsp3) is 0.276. The van der Waals surface area contributed by atoms with Crippen LogP contribution in [0.2, 0.25) is 0 Å². The largest absolute Gasteiger partial charge is 0.459 e. The van der Waals surface area contributed by atoms with Crippen molar-refractivity contribution in [1.82, 2.24) is 0 Å². The van der Waals surface area contributed by atoms with Gasteiger partial charge >= 0.3 is 17.9 Å². The molecular formula is C29H28O7. The van der Waals surface area contributed by atoms with Gasteiger partial charge in [0, 0.05) is 5.92 Å². The first-order valence-corrected chi connectivity index (χ1v) is 11.8. The van der Waals surface area contributed by atoms with Gasteiger partial charge in [-0.1, -0.05) is 61.5 Å². The summed E-state index contributed by atoms with van der Waals surface area (Å²) in [7, 11) is 0. The van der Waals surface area contributed by atoms with Crippen LogP contribution >= 0.6 is 0 Å². The monoisotopic (exact) mass is 488 g/mol. The summed E-state index contributed by atoms with van der Waals surface area (Å²) in [5, 5.41) is 0. The number of carbonyl (C=O) groups excluding carboxylic acids is 3. The topological polar surface area (TPSA) is 88.1 Å². The van der Waals surface area contributed by atoms with Gasteiger partial charge in [0.1, 0.15) is 24.9 Å². The quantitative estimate of drug-likeness (QED) is 0.351. The van der Waals surface area contributed by atoms with E-state index in [2.05, 4.69) is 0 Å². The van der Waals surface area contributed by atoms with Gasteiger partial charge in [0.2, 0.25) is 0 Å². The number of hydrogen-bond acceptors (Lipinski definition) is 7. The molecule has 0 bridgehead atoms. The molecule has 1 aliphatic heterocycles. The lowest BCUT2D eigenvalue weighted by Gasteiger charge is -2.43. The van der Waals surface area contributed by atoms with Gasteiger partial charge < -0.3 is 18.9 Å². The van der Waals surface area contributed by atoms with E-state index in [0.717, 1.165) is 0 Å². The number of benzene rings is 3. The van der Waals surface area contributed by atoms with E-state index < -0.39 is 48.2 Å². The van der Waals surface area contributed by atoms with E-state index in [1.165, 1.54) is 0 Å². The molecular weight excluding hydrogens is 460 g/mol. The molecule has 3 aromatic carbocycles. The average Bonchev–Trinajstić information content (AvgIpc) is 2.92. The Labute approximate surface area is 209 Å². The maximum atomic E-state index is 12.9. The van der Waals surface area contributed by atoms with Crippen LogP contribution in [0.5, 0.6) is 0 Å². The first kappa shape index (κ1) is 25.1. The summed E-state index contributed by atoms with van der Waals surface area (Å²) in [6, 6.07) is 25.8. The Bertz CT molecular complexity index is 1160. The van der Waals surface area contributed by atoms with Crippen LogP contribution in [0, 0.1) is 5.92 Å². The third kappa shape index (κ3) is 5.98. The fourth-order valence-corrected chi connectivity index (χ4v) is 4.25. The van der Waals surface area contributed by atoms with Gasteiger partial charge in [0.15, 0.2) is 0 Å². The molecule has 4 rings (SSSR count). The molecule has 7 nitrogen and oxygen atoms in total. The zero-order chi connectivity index (χ0) is 25.5. The van der Waals surface area contributed by atoms with E-state index in [0.29, 0.717) is 16.7 Å². The van der Waals surface area contributed by atoms with Gasteiger partial charge in [-0.05, 0) is 43.3 Å². The van der Waals surface area contributed by atoms with E-state index in [9.17, 15) is 14.4 Å². The molecule has 2 unspecified atom stereocenters. The Kier molecular flexibility index (Phi) is 8.13. The van der Waals surface area contributed by atoms with Crippen LogP contribution in [0.25, 0.3) is 0 Å². The highest BCUT2D eigenvalue weighted by atomic mass is 16.6. The van der Waals surface area contributed by atoms with Crippen molar-refractivity contribution in [3.63, 3.8) is 0 Å². The Hall–Kier alpha value is -3.97. The van der Waals surface area contributed by atoms with Gasteiger partial charge in [-0.3, -0.25) is 0 Å². The molecule has 5 atom stereocenters. The average molecular weight is 489 g/mol. The van der Waals surface area contributed by atoms with Gasteiger partial charge in [0.25, 0.3) is 0 Å². The molecule has 186 valence electrons. The summed E-state index contributed by atoms with van der Waals surface area (Å²) < 4.78 is 23.3. The molecule has 1 saturated heterocycles. The van der Waals surface area contributed by atoms with Crippen LogP contribution in [0.15, 0.2) is 91.0 Å². The lowest BCUT2D eigenvalue weighted by Crippen LogP contribution is -2.56. The van der Waals surface area contributed by atoms with E-state index >= 15 is 0 Å². The summed E-state index contributed by atoms with van der Waals surface area (Å²) in [6.45, 7) is 3.48. The minimum absolute atomic E-state index is 0.130. The number of esters is 3. The van der Waals surface area contributed by atoms with Crippen molar-refractivity contribution in [1.29, 1.82) is 0 Å². The summed E-state index contributed by atoms with van der Waals surface area (Å²) in [6.07, 6.45) is -2.79. The highest BCUT2D eigenvalue weighted by molar-refractivity contribution is 5.90. The molecule has 0 aromatic heterocycles. The molecule has 1 heterocycles. The lowest BCUT2D eigenvalue weighted by molar-refractivity contribution is -0.200. The van der Waals surface area contributed by atoms with Crippen molar-refractivity contribution >= 4 is 17.9 Å². The zero-order valence-electron chi connectivity index (χ0n) is 20.1. The van der Waals surface area contributed by atoms with E-state index in [-0.39, 0.29) is 6.61 Å². The zero-order valence-corrected chi connectivity index (χ0v) is 20.1. The van der Waals surface area contributed by atoms with Crippen LogP contribution in [-0.2, 0) is 18.9 Å². The maximum Gasteiger partial charge on any atom is 0.338 e. The normalized spacial score (nSPS) is 23.3. The summed E-state index contributed by atoms with van der Waals surface area (Å²) in [5.74, 6) is -1.98. The Balaban J connectivity index is 1.52. The molecule has 7 heteroatoms. The third-order valence-corrected chi connectivity index (χ3v) is 6.15. The van der Waals surface area contributed by atoms with Gasteiger partial charge in [-0.2, -0.15) is 0 Å². The van der Waals surface area contributed by atoms with Crippen molar-refractivity contribution in [3.8, 4) is 0 Å². The van der Waals surface area contributed by atoms with Crippen LogP contribution in [0.4, 0.5) is 0 Å². The maximum absolute atomic E-state index is 12.9. The van der Waals surface area contributed by atoms with Crippen molar-refractivity contribution in [2.24, 2.45) is 5.92 Å². The van der Waals surface area contributed by atoms with Gasteiger partial charge in [0.05, 0.1) is 22.8 Å². The highest BCUT2D eigenvalue weighted by Crippen LogP contribution is 2.32. The molecule has 0 N–H and O–H groups in total. The van der Waals surface area contributed by atoms with Crippen LogP contribution in [0.3, 0.4) is 0 Å². The Morgan fingerprint density at radius 2 is 1.06 bits per heavy atom. The second-order valence-electron chi connectivity index (χ2n) is 8.68. The summed E-state index contributed by atoms with van der Waals surface area (Å²) >= 11 is 0. The molecule has 3 aromatic rings. The second-order valence-corrected chi connectivity index (χ2v) is 8.68.